The first-order chi connectivity index (χ1) is 12.6. The SMILES string of the molecule is O=C(O)N1CCC(Br)c2nc(-c3ccccc3)c(-c3ccccc3)nc21. The highest BCUT2D eigenvalue weighted by Gasteiger charge is 2.32. The molecule has 0 fully saturated rings. The van der Waals surface area contributed by atoms with Gasteiger partial charge in [-0.25, -0.2) is 14.8 Å². The summed E-state index contributed by atoms with van der Waals surface area (Å²) in [5.74, 6) is 0.407. The summed E-state index contributed by atoms with van der Waals surface area (Å²) in [6.45, 7) is 0.395. The molecule has 0 aliphatic carbocycles. The Morgan fingerprint density at radius 1 is 0.962 bits per heavy atom. The molecule has 6 heteroatoms. The largest absolute Gasteiger partial charge is 0.465 e. The van der Waals surface area contributed by atoms with E-state index in [0.29, 0.717) is 30.2 Å². The van der Waals surface area contributed by atoms with Crippen LogP contribution in [0.3, 0.4) is 0 Å². The van der Waals surface area contributed by atoms with Crippen molar-refractivity contribution in [3.63, 3.8) is 0 Å². The van der Waals surface area contributed by atoms with Crippen LogP contribution in [0.15, 0.2) is 60.7 Å². The number of carboxylic acid groups (broad SMARTS) is 1. The maximum Gasteiger partial charge on any atom is 0.413 e. The monoisotopic (exact) mass is 409 g/mol. The second-order valence-electron chi connectivity index (χ2n) is 6.05. The van der Waals surface area contributed by atoms with Gasteiger partial charge in [0.15, 0.2) is 5.82 Å². The highest BCUT2D eigenvalue weighted by atomic mass is 79.9. The van der Waals surface area contributed by atoms with Crippen LogP contribution in [0.25, 0.3) is 22.5 Å². The minimum atomic E-state index is -1.01. The molecule has 0 radical (unpaired) electrons. The van der Waals surface area contributed by atoms with E-state index in [9.17, 15) is 9.90 Å². The average molecular weight is 410 g/mol. The molecule has 4 rings (SSSR count). The zero-order valence-corrected chi connectivity index (χ0v) is 15.4. The quantitative estimate of drug-likeness (QED) is 0.595. The Balaban J connectivity index is 1.99. The predicted octanol–water partition coefficient (Wildman–Crippen LogP) is 5.13. The molecule has 1 aliphatic heterocycles. The molecular weight excluding hydrogens is 394 g/mol. The fourth-order valence-corrected chi connectivity index (χ4v) is 3.63. The van der Waals surface area contributed by atoms with Crippen molar-refractivity contribution in [1.29, 1.82) is 0 Å². The summed E-state index contributed by atoms with van der Waals surface area (Å²) in [5, 5.41) is 9.56. The molecule has 1 aromatic heterocycles. The Morgan fingerprint density at radius 2 is 1.50 bits per heavy atom. The van der Waals surface area contributed by atoms with E-state index >= 15 is 0 Å². The van der Waals surface area contributed by atoms with Crippen molar-refractivity contribution >= 4 is 27.8 Å². The van der Waals surface area contributed by atoms with Crippen LogP contribution in [-0.4, -0.2) is 27.7 Å². The molecule has 3 aromatic rings. The fraction of sp³-hybridized carbons (Fsp3) is 0.150. The highest BCUT2D eigenvalue weighted by molar-refractivity contribution is 9.09. The van der Waals surface area contributed by atoms with Crippen LogP contribution < -0.4 is 4.90 Å². The number of nitrogens with zero attached hydrogens (tertiary/aromatic N) is 3. The van der Waals surface area contributed by atoms with Crippen LogP contribution in [0.5, 0.6) is 0 Å². The lowest BCUT2D eigenvalue weighted by Crippen LogP contribution is -2.36. The number of amides is 1. The first-order valence-corrected chi connectivity index (χ1v) is 9.24. The molecule has 0 saturated heterocycles. The van der Waals surface area contributed by atoms with Crippen LogP contribution in [0.1, 0.15) is 16.9 Å². The van der Waals surface area contributed by atoms with Crippen LogP contribution in [0.2, 0.25) is 0 Å². The van der Waals surface area contributed by atoms with Gasteiger partial charge in [-0.1, -0.05) is 76.6 Å². The molecule has 0 saturated carbocycles. The second-order valence-corrected chi connectivity index (χ2v) is 7.16. The van der Waals surface area contributed by atoms with Crippen molar-refractivity contribution in [1.82, 2.24) is 9.97 Å². The van der Waals surface area contributed by atoms with Gasteiger partial charge in [0.1, 0.15) is 0 Å². The van der Waals surface area contributed by atoms with Crippen LogP contribution in [0.4, 0.5) is 10.6 Å². The van der Waals surface area contributed by atoms with E-state index in [1.807, 2.05) is 60.7 Å². The lowest BCUT2D eigenvalue weighted by atomic mass is 10.0. The fourth-order valence-electron chi connectivity index (χ4n) is 3.11. The van der Waals surface area contributed by atoms with E-state index in [4.69, 9.17) is 9.97 Å². The van der Waals surface area contributed by atoms with Gasteiger partial charge in [-0.2, -0.15) is 0 Å². The third-order valence-electron chi connectivity index (χ3n) is 4.39. The number of benzene rings is 2. The third kappa shape index (κ3) is 2.97. The molecular formula is C20H16BrN3O2. The van der Waals surface area contributed by atoms with E-state index in [0.717, 1.165) is 16.8 Å². The van der Waals surface area contributed by atoms with Crippen LogP contribution in [-0.2, 0) is 0 Å². The molecule has 2 heterocycles. The Labute approximate surface area is 159 Å². The van der Waals surface area contributed by atoms with E-state index in [1.165, 1.54) is 4.90 Å². The summed E-state index contributed by atoms with van der Waals surface area (Å²) >= 11 is 3.63. The molecule has 1 unspecified atom stereocenters. The lowest BCUT2D eigenvalue weighted by molar-refractivity contribution is 0.201. The topological polar surface area (TPSA) is 66.3 Å². The van der Waals surface area contributed by atoms with Gasteiger partial charge in [-0.05, 0) is 6.42 Å². The molecule has 1 aliphatic rings. The van der Waals surface area contributed by atoms with Crippen molar-refractivity contribution in [2.45, 2.75) is 11.2 Å². The zero-order valence-electron chi connectivity index (χ0n) is 13.8. The van der Waals surface area contributed by atoms with Crippen molar-refractivity contribution in [3.05, 3.63) is 66.4 Å². The Hall–Kier alpha value is -2.73. The number of anilines is 1. The molecule has 1 atom stereocenters. The van der Waals surface area contributed by atoms with Gasteiger partial charge in [-0.3, -0.25) is 4.90 Å². The lowest BCUT2D eigenvalue weighted by Gasteiger charge is -2.29. The Kier molecular flexibility index (Phi) is 4.42. The third-order valence-corrected chi connectivity index (χ3v) is 5.28. The first kappa shape index (κ1) is 16.7. The molecule has 1 amide bonds. The van der Waals surface area contributed by atoms with Crippen molar-refractivity contribution in [2.24, 2.45) is 0 Å². The van der Waals surface area contributed by atoms with Crippen LogP contribution >= 0.6 is 15.9 Å². The van der Waals surface area contributed by atoms with Gasteiger partial charge < -0.3 is 5.11 Å². The van der Waals surface area contributed by atoms with Crippen LogP contribution in [0, 0.1) is 0 Å². The molecule has 2 aromatic carbocycles. The number of hydrogen-bond acceptors (Lipinski definition) is 3. The summed E-state index contributed by atoms with van der Waals surface area (Å²) in [7, 11) is 0. The number of hydrogen-bond donors (Lipinski definition) is 1. The van der Waals surface area contributed by atoms with Gasteiger partial charge in [0.25, 0.3) is 0 Å². The highest BCUT2D eigenvalue weighted by Crippen LogP contribution is 2.40. The normalized spacial score (nSPS) is 16.2. The average Bonchev–Trinajstić information content (AvgIpc) is 2.68. The van der Waals surface area contributed by atoms with Crippen molar-refractivity contribution < 1.29 is 9.90 Å². The number of carbonyl (C=O) groups is 1. The number of alkyl halides is 1. The number of rotatable bonds is 2. The van der Waals surface area contributed by atoms with E-state index in [1.54, 1.807) is 0 Å². The smallest absolute Gasteiger partial charge is 0.413 e. The van der Waals surface area contributed by atoms with E-state index < -0.39 is 6.09 Å². The maximum atomic E-state index is 11.7. The molecule has 0 bridgehead atoms. The maximum absolute atomic E-state index is 11.7. The predicted molar refractivity (Wildman–Crippen MR) is 105 cm³/mol. The Morgan fingerprint density at radius 3 is 2.04 bits per heavy atom. The summed E-state index contributed by atoms with van der Waals surface area (Å²) in [6, 6.07) is 19.6. The molecule has 0 spiro atoms. The molecule has 130 valence electrons. The number of halogens is 1. The first-order valence-electron chi connectivity index (χ1n) is 8.32. The summed E-state index contributed by atoms with van der Waals surface area (Å²) in [6.07, 6.45) is -0.348. The van der Waals surface area contributed by atoms with Crippen molar-refractivity contribution in [3.8, 4) is 22.5 Å². The minimum Gasteiger partial charge on any atom is -0.465 e. The van der Waals surface area contributed by atoms with E-state index in [-0.39, 0.29) is 4.83 Å². The van der Waals surface area contributed by atoms with Gasteiger partial charge >= 0.3 is 6.09 Å². The van der Waals surface area contributed by atoms with Gasteiger partial charge in [0.05, 0.1) is 21.9 Å². The standard InChI is InChI=1S/C20H16BrN3O2/c21-15-11-12-24(20(25)26)19-18(15)22-16(13-7-3-1-4-8-13)17(23-19)14-9-5-2-6-10-14/h1-10,15H,11-12H2,(H,25,26). The number of fused-ring (bicyclic) bond motifs is 1. The van der Waals surface area contributed by atoms with Gasteiger partial charge in [-0.15, -0.1) is 0 Å². The molecule has 5 nitrogen and oxygen atoms in total. The Bertz CT molecular complexity index is 948. The number of aromatic nitrogens is 2. The summed E-state index contributed by atoms with van der Waals surface area (Å²) in [4.78, 5) is 22.6. The van der Waals surface area contributed by atoms with Crippen molar-refractivity contribution in [2.75, 3.05) is 11.4 Å². The van der Waals surface area contributed by atoms with Gasteiger partial charge in [0, 0.05) is 17.7 Å². The summed E-state index contributed by atoms with van der Waals surface area (Å²) in [5.41, 5.74) is 3.96. The molecule has 1 N–H and O–H groups in total. The van der Waals surface area contributed by atoms with Gasteiger partial charge in [0.2, 0.25) is 0 Å². The second kappa shape index (κ2) is 6.88. The zero-order chi connectivity index (χ0) is 18.1. The van der Waals surface area contributed by atoms with E-state index in [2.05, 4.69) is 15.9 Å². The molecule has 26 heavy (non-hydrogen) atoms. The minimum absolute atomic E-state index is 0.0205. The summed E-state index contributed by atoms with van der Waals surface area (Å²) < 4.78 is 0.